The number of ether oxygens (including phenoxy) is 1. The number of esters is 1. The Morgan fingerprint density at radius 1 is 0.820 bits per heavy atom. The Kier molecular flexibility index (Phi) is 14.3. The van der Waals surface area contributed by atoms with Crippen molar-refractivity contribution in [2.75, 3.05) is 6.54 Å². The molecule has 3 aromatic carbocycles. The number of rotatable bonds is 21. The molecule has 1 aromatic heterocycles. The fourth-order valence-electron chi connectivity index (χ4n) is 6.61. The minimum Gasteiger partial charge on any atom is -0.461 e. The van der Waals surface area contributed by atoms with Crippen LogP contribution in [0.5, 0.6) is 0 Å². The number of H-pyrrole nitrogens is 1. The van der Waals surface area contributed by atoms with Crippen LogP contribution in [-0.4, -0.2) is 51.6 Å². The van der Waals surface area contributed by atoms with Crippen LogP contribution in [0.1, 0.15) is 105 Å². The number of nitrogens with two attached hydrogens (primary N) is 2. The van der Waals surface area contributed by atoms with Crippen molar-refractivity contribution in [1.82, 2.24) is 9.88 Å². The molecule has 50 heavy (non-hydrogen) atoms. The van der Waals surface area contributed by atoms with Gasteiger partial charge in [0.15, 0.2) is 11.3 Å². The summed E-state index contributed by atoms with van der Waals surface area (Å²) in [5, 5.41) is 0.670. The number of primary amides is 1. The van der Waals surface area contributed by atoms with Gasteiger partial charge in [-0.25, -0.2) is 0 Å². The van der Waals surface area contributed by atoms with Crippen molar-refractivity contribution in [2.24, 2.45) is 11.5 Å². The summed E-state index contributed by atoms with van der Waals surface area (Å²) in [5.41, 5.74) is 14.4. The van der Waals surface area contributed by atoms with Crippen LogP contribution < -0.4 is 11.5 Å². The lowest BCUT2D eigenvalue weighted by molar-refractivity contribution is -0.146. The first kappa shape index (κ1) is 38.0. The number of hydrogen-bond donors (Lipinski definition) is 3. The monoisotopic (exact) mass is 680 g/mol. The number of unbranched alkanes of at least 4 members (excludes halogenated alkanes) is 3. The van der Waals surface area contributed by atoms with Crippen molar-refractivity contribution >= 4 is 34.5 Å². The molecule has 4 aromatic rings. The third-order valence-corrected chi connectivity index (χ3v) is 9.21. The molecule has 0 bridgehead atoms. The highest BCUT2D eigenvalue weighted by molar-refractivity contribution is 6.23. The van der Waals surface area contributed by atoms with Crippen molar-refractivity contribution < 1.29 is 23.9 Å². The number of carbonyl (C=O) groups excluding carboxylic acids is 4. The lowest BCUT2D eigenvalue weighted by Crippen LogP contribution is -2.62. The van der Waals surface area contributed by atoms with Crippen LogP contribution >= 0.6 is 0 Å². The molecule has 2 amide bonds. The minimum atomic E-state index is -2.02. The van der Waals surface area contributed by atoms with Gasteiger partial charge in [-0.1, -0.05) is 118 Å². The van der Waals surface area contributed by atoms with E-state index in [1.165, 1.54) is 0 Å². The molecule has 0 radical (unpaired) electrons. The molecule has 1 heterocycles. The number of aromatic nitrogens is 1. The van der Waals surface area contributed by atoms with Gasteiger partial charge in [0.05, 0.1) is 0 Å². The number of nitrogens with one attached hydrogen (secondary N) is 1. The molecule has 0 aliphatic rings. The number of benzene rings is 3. The van der Waals surface area contributed by atoms with Crippen LogP contribution in [0.4, 0.5) is 0 Å². The van der Waals surface area contributed by atoms with Gasteiger partial charge in [-0.2, -0.15) is 0 Å². The van der Waals surface area contributed by atoms with Crippen LogP contribution in [0.3, 0.4) is 0 Å². The number of fused-ring (bicyclic) bond motifs is 1. The number of nitrogens with zero attached hydrogens (tertiary/aromatic N) is 1. The first-order valence-electron chi connectivity index (χ1n) is 17.9. The number of amides is 2. The third kappa shape index (κ3) is 10.1. The largest absolute Gasteiger partial charge is 0.461 e. The predicted octanol–water partition coefficient (Wildman–Crippen LogP) is 7.01. The van der Waals surface area contributed by atoms with Crippen molar-refractivity contribution in [2.45, 2.75) is 103 Å². The van der Waals surface area contributed by atoms with Gasteiger partial charge in [-0.3, -0.25) is 19.2 Å². The molecule has 2 atom stereocenters. The van der Waals surface area contributed by atoms with Crippen molar-refractivity contribution in [3.05, 3.63) is 107 Å². The molecule has 0 fully saturated rings. The number of ketones is 1. The Labute approximate surface area is 295 Å². The Morgan fingerprint density at radius 2 is 1.48 bits per heavy atom. The van der Waals surface area contributed by atoms with Gasteiger partial charge in [-0.05, 0) is 42.9 Å². The highest BCUT2D eigenvalue weighted by Crippen LogP contribution is 2.32. The van der Waals surface area contributed by atoms with Crippen LogP contribution in [0.2, 0.25) is 0 Å². The molecule has 5 N–H and O–H groups in total. The van der Waals surface area contributed by atoms with E-state index in [2.05, 4.69) is 11.9 Å². The first-order chi connectivity index (χ1) is 24.2. The van der Waals surface area contributed by atoms with Gasteiger partial charge < -0.3 is 26.1 Å². The molecule has 0 spiro atoms. The second-order valence-corrected chi connectivity index (χ2v) is 13.2. The Hall–Kier alpha value is -4.76. The number of Topliss-reactive ketones (excluding diaryl/α,β-unsaturated/α-hetero) is 1. The summed E-state index contributed by atoms with van der Waals surface area (Å²) < 4.78 is 5.49. The fourth-order valence-corrected chi connectivity index (χ4v) is 6.61. The molecule has 9 heteroatoms. The molecule has 266 valence electrons. The number of hydrogen-bond acceptors (Lipinski definition) is 6. The fraction of sp³-hybridized carbons (Fsp3) is 0.415. The molecule has 0 unspecified atom stereocenters. The molecular weight excluding hydrogens is 628 g/mol. The number of aromatic amines is 1. The SMILES string of the molecule is CCCCCC[C@@H](CC(N)=O)N(CCC)C(=O)[C@](N)(CCCC(=O)OCc1ccccc1)C(=O)c1c(Cc2ccccc2)[nH]c2ccccc12. The Balaban J connectivity index is 1.71. The predicted molar refractivity (Wildman–Crippen MR) is 197 cm³/mol. The van der Waals surface area contributed by atoms with Crippen LogP contribution in [0, 0.1) is 0 Å². The minimum absolute atomic E-state index is 0.0212. The Morgan fingerprint density at radius 3 is 2.14 bits per heavy atom. The van der Waals surface area contributed by atoms with Gasteiger partial charge in [-0.15, -0.1) is 0 Å². The quantitative estimate of drug-likeness (QED) is 0.0373. The second-order valence-electron chi connectivity index (χ2n) is 13.2. The second kappa shape index (κ2) is 18.9. The molecule has 0 aliphatic heterocycles. The third-order valence-electron chi connectivity index (χ3n) is 9.21. The highest BCUT2D eigenvalue weighted by Gasteiger charge is 2.47. The van der Waals surface area contributed by atoms with E-state index >= 15 is 4.79 Å². The topological polar surface area (TPSA) is 149 Å². The molecule has 9 nitrogen and oxygen atoms in total. The summed E-state index contributed by atoms with van der Waals surface area (Å²) >= 11 is 0. The van der Waals surface area contributed by atoms with Crippen molar-refractivity contribution in [3.8, 4) is 0 Å². The molecule has 0 aliphatic carbocycles. The number of carbonyl (C=O) groups is 4. The van der Waals surface area contributed by atoms with Gasteiger partial charge in [0.1, 0.15) is 6.61 Å². The maximum Gasteiger partial charge on any atom is 0.306 e. The molecule has 0 saturated carbocycles. The standard InChI is InChI=1S/C41H52N4O5/c1-3-5-6-13-21-32(28-36(42)46)45(26-4-2)40(49)41(43,25-16-24-37(47)50-29-31-19-11-8-12-20-31)39(48)38-33-22-14-15-23-34(33)44-35(38)27-30-17-9-7-10-18-30/h7-12,14-15,17-20,22-23,32,44H,3-6,13,16,21,24-29,43H2,1-2H3,(H2,42,46)/t32-,41-/m0/s1. The van der Waals surface area contributed by atoms with Crippen LogP contribution in [0.15, 0.2) is 84.9 Å². The van der Waals surface area contributed by atoms with E-state index in [1.807, 2.05) is 91.9 Å². The van der Waals surface area contributed by atoms with Gasteiger partial charge in [0, 0.05) is 54.0 Å². The Bertz CT molecular complexity index is 1700. The summed E-state index contributed by atoms with van der Waals surface area (Å²) in [4.78, 5) is 60.1. The van der Waals surface area contributed by atoms with E-state index in [-0.39, 0.29) is 32.3 Å². The normalized spacial score (nSPS) is 13.0. The van der Waals surface area contributed by atoms with E-state index in [9.17, 15) is 14.4 Å². The summed E-state index contributed by atoms with van der Waals surface area (Å²) in [6.45, 7) is 4.50. The summed E-state index contributed by atoms with van der Waals surface area (Å²) in [7, 11) is 0. The average Bonchev–Trinajstić information content (AvgIpc) is 3.48. The van der Waals surface area contributed by atoms with Crippen LogP contribution in [-0.2, 0) is 32.1 Å². The maximum atomic E-state index is 15.0. The summed E-state index contributed by atoms with van der Waals surface area (Å²) in [6, 6.07) is 26.1. The zero-order valence-corrected chi connectivity index (χ0v) is 29.5. The van der Waals surface area contributed by atoms with Crippen molar-refractivity contribution in [3.63, 3.8) is 0 Å². The smallest absolute Gasteiger partial charge is 0.306 e. The first-order valence-corrected chi connectivity index (χ1v) is 17.9. The van der Waals surface area contributed by atoms with Crippen molar-refractivity contribution in [1.29, 1.82) is 0 Å². The zero-order valence-electron chi connectivity index (χ0n) is 29.5. The van der Waals surface area contributed by atoms with Gasteiger partial charge in [0.2, 0.25) is 5.91 Å². The van der Waals surface area contributed by atoms with Gasteiger partial charge >= 0.3 is 5.97 Å². The summed E-state index contributed by atoms with van der Waals surface area (Å²) in [6.07, 6.45) is 5.44. The van der Waals surface area contributed by atoms with E-state index in [0.29, 0.717) is 42.5 Å². The lowest BCUT2D eigenvalue weighted by atomic mass is 9.81. The molecule has 4 rings (SSSR count). The van der Waals surface area contributed by atoms with E-state index in [4.69, 9.17) is 16.2 Å². The lowest BCUT2D eigenvalue weighted by Gasteiger charge is -2.38. The average molecular weight is 681 g/mol. The number of para-hydroxylation sites is 1. The maximum absolute atomic E-state index is 15.0. The van der Waals surface area contributed by atoms with Crippen LogP contribution in [0.25, 0.3) is 10.9 Å². The van der Waals surface area contributed by atoms with E-state index < -0.39 is 35.1 Å². The zero-order chi connectivity index (χ0) is 35.9. The van der Waals surface area contributed by atoms with E-state index in [1.54, 1.807) is 4.90 Å². The van der Waals surface area contributed by atoms with E-state index in [0.717, 1.165) is 42.3 Å². The highest BCUT2D eigenvalue weighted by atomic mass is 16.5. The molecular formula is C41H52N4O5. The molecule has 0 saturated heterocycles. The summed E-state index contributed by atoms with van der Waals surface area (Å²) in [5.74, 6) is -2.04. The van der Waals surface area contributed by atoms with Gasteiger partial charge in [0.25, 0.3) is 5.91 Å².